The quantitative estimate of drug-likeness (QED) is 0.815. The summed E-state index contributed by atoms with van der Waals surface area (Å²) in [6, 6.07) is 3.88. The number of amides is 1. The molecule has 0 saturated carbocycles. The summed E-state index contributed by atoms with van der Waals surface area (Å²) < 4.78 is 5.37. The molecule has 0 N–H and O–H groups in total. The fraction of sp³-hybridized carbons (Fsp3) is 0.438. The van der Waals surface area contributed by atoms with Gasteiger partial charge in [-0.05, 0) is 12.1 Å². The van der Waals surface area contributed by atoms with Crippen molar-refractivity contribution in [2.75, 3.05) is 44.7 Å². The van der Waals surface area contributed by atoms with Crippen molar-refractivity contribution in [3.63, 3.8) is 0 Å². The van der Waals surface area contributed by atoms with Crippen molar-refractivity contribution < 1.29 is 9.21 Å². The van der Waals surface area contributed by atoms with Gasteiger partial charge in [-0.3, -0.25) is 14.7 Å². The number of piperazine rings is 1. The van der Waals surface area contributed by atoms with Crippen molar-refractivity contribution >= 4 is 11.7 Å². The lowest BCUT2D eigenvalue weighted by atomic mass is 10.3. The molecule has 2 aromatic heterocycles. The number of furan rings is 1. The van der Waals surface area contributed by atoms with Crippen molar-refractivity contribution in [3.05, 3.63) is 42.7 Å². The molecule has 0 spiro atoms. The van der Waals surface area contributed by atoms with Crippen molar-refractivity contribution in [1.82, 2.24) is 19.8 Å². The molecule has 0 aromatic carbocycles. The minimum Gasteiger partial charge on any atom is -0.468 e. The van der Waals surface area contributed by atoms with Gasteiger partial charge in [-0.2, -0.15) is 0 Å². The molecule has 3 heterocycles. The predicted molar refractivity (Wildman–Crippen MR) is 85.9 cm³/mol. The molecule has 3 rings (SSSR count). The summed E-state index contributed by atoms with van der Waals surface area (Å²) in [5, 5.41) is 0. The van der Waals surface area contributed by atoms with Crippen LogP contribution in [0, 0.1) is 0 Å². The van der Waals surface area contributed by atoms with E-state index in [0.717, 1.165) is 38.5 Å². The average molecular weight is 315 g/mol. The van der Waals surface area contributed by atoms with Crippen molar-refractivity contribution in [3.8, 4) is 0 Å². The summed E-state index contributed by atoms with van der Waals surface area (Å²) in [7, 11) is 1.86. The second-order valence-corrected chi connectivity index (χ2v) is 5.66. The third-order valence-electron chi connectivity index (χ3n) is 4.00. The number of anilines is 1. The lowest BCUT2D eigenvalue weighted by molar-refractivity contribution is -0.131. The lowest BCUT2D eigenvalue weighted by Gasteiger charge is -2.35. The Morgan fingerprint density at radius 2 is 2.13 bits per heavy atom. The Bertz CT molecular complexity index is 609. The molecular formula is C16H21N5O2. The first kappa shape index (κ1) is 15.5. The van der Waals surface area contributed by atoms with Crippen LogP contribution < -0.4 is 4.90 Å². The Hall–Kier alpha value is -2.41. The zero-order valence-electron chi connectivity index (χ0n) is 13.3. The van der Waals surface area contributed by atoms with Gasteiger partial charge in [0.05, 0.1) is 25.5 Å². The lowest BCUT2D eigenvalue weighted by Crippen LogP contribution is -2.50. The maximum atomic E-state index is 12.4. The molecule has 0 bridgehead atoms. The van der Waals surface area contributed by atoms with Crippen molar-refractivity contribution in [2.24, 2.45) is 0 Å². The van der Waals surface area contributed by atoms with Gasteiger partial charge in [0.15, 0.2) is 0 Å². The molecule has 23 heavy (non-hydrogen) atoms. The number of aromatic nitrogens is 2. The topological polar surface area (TPSA) is 65.7 Å². The predicted octanol–water partition coefficient (Wildman–Crippen LogP) is 0.850. The Kier molecular flexibility index (Phi) is 4.87. The van der Waals surface area contributed by atoms with Gasteiger partial charge in [0, 0.05) is 45.6 Å². The van der Waals surface area contributed by atoms with Crippen LogP contribution in [-0.4, -0.2) is 65.4 Å². The molecule has 1 aliphatic heterocycles. The smallest absolute Gasteiger partial charge is 0.242 e. The van der Waals surface area contributed by atoms with Gasteiger partial charge in [-0.1, -0.05) is 0 Å². The van der Waals surface area contributed by atoms with Crippen LogP contribution in [0.5, 0.6) is 0 Å². The third kappa shape index (κ3) is 4.07. The molecule has 0 atom stereocenters. The van der Waals surface area contributed by atoms with Crippen LogP contribution >= 0.6 is 0 Å². The Balaban J connectivity index is 1.46. The van der Waals surface area contributed by atoms with Crippen LogP contribution in [0.15, 0.2) is 41.4 Å². The summed E-state index contributed by atoms with van der Waals surface area (Å²) in [5.41, 5.74) is 0. The zero-order chi connectivity index (χ0) is 16.1. The summed E-state index contributed by atoms with van der Waals surface area (Å²) in [4.78, 5) is 26.7. The van der Waals surface area contributed by atoms with E-state index in [9.17, 15) is 4.79 Å². The number of nitrogens with zero attached hydrogens (tertiary/aromatic N) is 5. The molecule has 0 aliphatic carbocycles. The summed E-state index contributed by atoms with van der Waals surface area (Å²) in [6.07, 6.45) is 6.60. The summed E-state index contributed by atoms with van der Waals surface area (Å²) in [5.74, 6) is 1.79. The second kappa shape index (κ2) is 7.23. The molecule has 1 saturated heterocycles. The Labute approximate surface area is 135 Å². The number of carbonyl (C=O) groups is 1. The minimum absolute atomic E-state index is 0.121. The maximum absolute atomic E-state index is 12.4. The molecule has 7 nitrogen and oxygen atoms in total. The van der Waals surface area contributed by atoms with Crippen LogP contribution in [0.1, 0.15) is 5.76 Å². The van der Waals surface area contributed by atoms with E-state index in [2.05, 4.69) is 14.9 Å². The van der Waals surface area contributed by atoms with E-state index >= 15 is 0 Å². The number of carbonyl (C=O) groups excluding carboxylic acids is 1. The minimum atomic E-state index is 0.121. The Morgan fingerprint density at radius 1 is 1.30 bits per heavy atom. The number of likely N-dealkylation sites (N-methyl/N-ethyl adjacent to an activating group) is 1. The normalized spacial score (nSPS) is 15.6. The fourth-order valence-corrected chi connectivity index (χ4v) is 2.65. The highest BCUT2D eigenvalue weighted by molar-refractivity contribution is 5.81. The molecular weight excluding hydrogens is 294 g/mol. The molecule has 1 aliphatic rings. The average Bonchev–Trinajstić information content (AvgIpc) is 3.09. The van der Waals surface area contributed by atoms with Crippen molar-refractivity contribution in [1.29, 1.82) is 0 Å². The second-order valence-electron chi connectivity index (χ2n) is 5.66. The van der Waals surface area contributed by atoms with Crippen LogP contribution in [0.2, 0.25) is 0 Å². The molecule has 0 radical (unpaired) electrons. The van der Waals surface area contributed by atoms with E-state index in [1.54, 1.807) is 24.9 Å². The SMILES string of the molecule is CN(CC(=O)N1CCN(Cc2ccco2)CC1)c1cnccn1. The first-order valence-corrected chi connectivity index (χ1v) is 7.72. The zero-order valence-corrected chi connectivity index (χ0v) is 13.3. The van der Waals surface area contributed by atoms with E-state index in [-0.39, 0.29) is 5.91 Å². The largest absolute Gasteiger partial charge is 0.468 e. The van der Waals surface area contributed by atoms with E-state index < -0.39 is 0 Å². The van der Waals surface area contributed by atoms with Crippen molar-refractivity contribution in [2.45, 2.75) is 6.54 Å². The standard InChI is InChI=1S/C16H21N5O2/c1-19(15-11-17-4-5-18-15)13-16(22)21-8-6-20(7-9-21)12-14-3-2-10-23-14/h2-5,10-11H,6-9,12-13H2,1H3. The highest BCUT2D eigenvalue weighted by atomic mass is 16.3. The molecule has 1 fully saturated rings. The highest BCUT2D eigenvalue weighted by Gasteiger charge is 2.22. The first-order chi connectivity index (χ1) is 11.2. The van der Waals surface area contributed by atoms with Gasteiger partial charge < -0.3 is 14.2 Å². The van der Waals surface area contributed by atoms with Crippen LogP contribution in [0.3, 0.4) is 0 Å². The number of rotatable bonds is 5. The third-order valence-corrected chi connectivity index (χ3v) is 4.00. The molecule has 7 heteroatoms. The first-order valence-electron chi connectivity index (χ1n) is 7.72. The van der Waals surface area contributed by atoms with Gasteiger partial charge in [0.25, 0.3) is 0 Å². The molecule has 0 unspecified atom stereocenters. The number of hydrogen-bond donors (Lipinski definition) is 0. The van der Waals surface area contributed by atoms with Gasteiger partial charge in [-0.15, -0.1) is 0 Å². The monoisotopic (exact) mass is 315 g/mol. The molecule has 2 aromatic rings. The Morgan fingerprint density at radius 3 is 2.78 bits per heavy atom. The fourth-order valence-electron chi connectivity index (χ4n) is 2.65. The maximum Gasteiger partial charge on any atom is 0.242 e. The highest BCUT2D eigenvalue weighted by Crippen LogP contribution is 2.10. The van der Waals surface area contributed by atoms with Gasteiger partial charge in [0.2, 0.25) is 5.91 Å². The van der Waals surface area contributed by atoms with Crippen LogP contribution in [0.25, 0.3) is 0 Å². The van der Waals surface area contributed by atoms with Crippen LogP contribution in [-0.2, 0) is 11.3 Å². The summed E-state index contributed by atoms with van der Waals surface area (Å²) >= 11 is 0. The van der Waals surface area contributed by atoms with E-state index in [4.69, 9.17) is 4.42 Å². The number of hydrogen-bond acceptors (Lipinski definition) is 6. The molecule has 122 valence electrons. The van der Waals surface area contributed by atoms with Gasteiger partial charge >= 0.3 is 0 Å². The van der Waals surface area contributed by atoms with E-state index in [1.165, 1.54) is 0 Å². The van der Waals surface area contributed by atoms with Crippen LogP contribution in [0.4, 0.5) is 5.82 Å². The molecule has 1 amide bonds. The summed E-state index contributed by atoms with van der Waals surface area (Å²) in [6.45, 7) is 4.33. The van der Waals surface area contributed by atoms with E-state index in [1.807, 2.05) is 29.0 Å². The van der Waals surface area contributed by atoms with Gasteiger partial charge in [-0.25, -0.2) is 4.98 Å². The van der Waals surface area contributed by atoms with E-state index in [0.29, 0.717) is 12.4 Å². The van der Waals surface area contributed by atoms with Gasteiger partial charge in [0.1, 0.15) is 11.6 Å².